The number of rotatable bonds is 9. The van der Waals surface area contributed by atoms with E-state index in [1.165, 1.54) is 17.0 Å². The molecular formula is C30H43FN4O6S. The molecule has 2 aromatic rings. The van der Waals surface area contributed by atoms with Crippen LogP contribution in [0.1, 0.15) is 42.3 Å². The van der Waals surface area contributed by atoms with Gasteiger partial charge in [0, 0.05) is 63.6 Å². The van der Waals surface area contributed by atoms with E-state index in [1.807, 2.05) is 38.1 Å². The Kier molecular flexibility index (Phi) is 10.5. The molecule has 10 nitrogen and oxygen atoms in total. The Hall–Kier alpha value is -2.74. The molecule has 2 heterocycles. The lowest BCUT2D eigenvalue weighted by Crippen LogP contribution is -2.50. The lowest BCUT2D eigenvalue weighted by Gasteiger charge is -2.42. The first-order valence-corrected chi connectivity index (χ1v) is 16.2. The molecule has 2 aromatic carbocycles. The number of β-amino-alcohol motifs (C(OH)–C–C–N with tert-alkyl or cyclic N) is 1. The smallest absolute Gasteiger partial charge is 0.338 e. The van der Waals surface area contributed by atoms with Gasteiger partial charge in [0.05, 0.1) is 35.8 Å². The molecule has 0 bridgehead atoms. The quantitative estimate of drug-likeness (QED) is 0.366. The maximum Gasteiger partial charge on any atom is 0.338 e. The maximum atomic E-state index is 15.1. The zero-order valence-electron chi connectivity index (χ0n) is 24.7. The summed E-state index contributed by atoms with van der Waals surface area (Å²) >= 11 is 0. The highest BCUT2D eigenvalue weighted by Crippen LogP contribution is 2.40. The van der Waals surface area contributed by atoms with Crippen LogP contribution in [0, 0.1) is 5.82 Å². The lowest BCUT2D eigenvalue weighted by molar-refractivity contribution is 0.0166. The van der Waals surface area contributed by atoms with E-state index in [9.17, 15) is 23.8 Å². The van der Waals surface area contributed by atoms with Crippen LogP contribution in [0.25, 0.3) is 0 Å². The molecule has 0 aliphatic carbocycles. The van der Waals surface area contributed by atoms with Crippen molar-refractivity contribution < 1.29 is 32.9 Å². The third-order valence-corrected chi connectivity index (χ3v) is 9.17. The minimum Gasteiger partial charge on any atom is -0.462 e. The van der Waals surface area contributed by atoms with Crippen molar-refractivity contribution in [3.63, 3.8) is 0 Å². The molecule has 0 aromatic heterocycles. The van der Waals surface area contributed by atoms with E-state index < -0.39 is 28.0 Å². The number of hydrogen-bond acceptors (Lipinski definition) is 8. The molecule has 2 fully saturated rings. The van der Waals surface area contributed by atoms with Crippen molar-refractivity contribution in [1.29, 1.82) is 0 Å². The van der Waals surface area contributed by atoms with Crippen molar-refractivity contribution >= 4 is 28.3 Å². The summed E-state index contributed by atoms with van der Waals surface area (Å²) in [6.45, 7) is 10.7. The van der Waals surface area contributed by atoms with E-state index in [2.05, 4.69) is 9.80 Å². The minimum atomic E-state index is -2.69. The third-order valence-electron chi connectivity index (χ3n) is 7.50. The van der Waals surface area contributed by atoms with Crippen molar-refractivity contribution in [2.75, 3.05) is 68.8 Å². The van der Waals surface area contributed by atoms with Gasteiger partial charge in [0.15, 0.2) is 0 Å². The summed E-state index contributed by atoms with van der Waals surface area (Å²) in [7, 11) is -2.69. The summed E-state index contributed by atoms with van der Waals surface area (Å²) in [5.41, 5.74) is 1.29. The van der Waals surface area contributed by atoms with Crippen molar-refractivity contribution in [3.8, 4) is 0 Å². The van der Waals surface area contributed by atoms with Gasteiger partial charge >= 0.3 is 12.0 Å². The molecule has 2 amide bonds. The summed E-state index contributed by atoms with van der Waals surface area (Å²) in [5, 5.41) is 10.1. The van der Waals surface area contributed by atoms with Crippen LogP contribution in [0.3, 0.4) is 0 Å². The fourth-order valence-electron chi connectivity index (χ4n) is 5.24. The number of carbonyl (C=O) groups is 2. The Morgan fingerprint density at radius 1 is 0.976 bits per heavy atom. The van der Waals surface area contributed by atoms with Gasteiger partial charge in [-0.05, 0) is 50.6 Å². The van der Waals surface area contributed by atoms with Gasteiger partial charge in [-0.1, -0.05) is 18.2 Å². The summed E-state index contributed by atoms with van der Waals surface area (Å²) in [5.74, 6) is -1.02. The number of esters is 1. The van der Waals surface area contributed by atoms with E-state index in [4.69, 9.17) is 4.74 Å². The topological polar surface area (TPSA) is 117 Å². The van der Waals surface area contributed by atoms with E-state index >= 15 is 4.39 Å². The highest BCUT2D eigenvalue weighted by atomic mass is 32.3. The van der Waals surface area contributed by atoms with Gasteiger partial charge in [0.1, 0.15) is 5.82 Å². The number of halogens is 1. The average molecular weight is 607 g/mol. The summed E-state index contributed by atoms with van der Waals surface area (Å²) in [4.78, 5) is 33.4. The number of hydrogen-bond donors (Lipinski definition) is 3. The van der Waals surface area contributed by atoms with Crippen LogP contribution in [-0.4, -0.2) is 110 Å². The van der Waals surface area contributed by atoms with Crippen LogP contribution in [0.4, 0.5) is 14.9 Å². The van der Waals surface area contributed by atoms with Gasteiger partial charge in [0.2, 0.25) is 0 Å². The Morgan fingerprint density at radius 2 is 1.60 bits per heavy atom. The summed E-state index contributed by atoms with van der Waals surface area (Å²) in [6, 6.07) is 11.4. The Bertz CT molecular complexity index is 1220. The normalized spacial score (nSPS) is 18.9. The fraction of sp³-hybridized carbons (Fsp3) is 0.533. The predicted molar refractivity (Wildman–Crippen MR) is 163 cm³/mol. The zero-order chi connectivity index (χ0) is 30.5. The first kappa shape index (κ1) is 32.2. The monoisotopic (exact) mass is 606 g/mol. The average Bonchev–Trinajstić information content (AvgIpc) is 2.93. The molecule has 0 unspecified atom stereocenters. The van der Waals surface area contributed by atoms with Crippen molar-refractivity contribution in [2.45, 2.75) is 39.5 Å². The standard InChI is InChI=1S/C30H43FN4O6S/c1-4-41-28(36)24-7-8-25(27(31)19-24)21-35(29(37)34-15-17-42(39,40)18-16-34)26-9-5-23(6-10-26)20-32-11-13-33(14-12-32)22-30(2,3)38/h5-10,19,38-40H,4,11-18,20-22H2,1-3H3. The molecule has 12 heteroatoms. The minimum absolute atomic E-state index is 0.0664. The van der Waals surface area contributed by atoms with Crippen LogP contribution < -0.4 is 4.90 Å². The maximum absolute atomic E-state index is 15.1. The van der Waals surface area contributed by atoms with Crippen molar-refractivity contribution in [3.05, 3.63) is 65.0 Å². The molecule has 0 atom stereocenters. The van der Waals surface area contributed by atoms with Crippen LogP contribution in [0.5, 0.6) is 0 Å². The molecule has 0 saturated carbocycles. The van der Waals surface area contributed by atoms with Crippen LogP contribution in [0.15, 0.2) is 42.5 Å². The van der Waals surface area contributed by atoms with E-state index in [0.717, 1.165) is 44.4 Å². The number of urea groups is 1. The lowest BCUT2D eigenvalue weighted by atomic mass is 10.1. The van der Waals surface area contributed by atoms with Gasteiger partial charge in [0.25, 0.3) is 0 Å². The van der Waals surface area contributed by atoms with E-state index in [1.54, 1.807) is 11.8 Å². The van der Waals surface area contributed by atoms with Gasteiger partial charge < -0.3 is 14.7 Å². The second kappa shape index (κ2) is 13.7. The molecule has 0 radical (unpaired) electrons. The van der Waals surface area contributed by atoms with Gasteiger partial charge in [-0.25, -0.2) is 14.0 Å². The SMILES string of the molecule is CCOC(=O)c1ccc(CN(C(=O)N2CCS(O)(O)CC2)c2ccc(CN3CCN(CC(C)(C)O)CC3)cc2)c(F)c1. The second-order valence-corrected chi connectivity index (χ2v) is 14.0. The molecular weight excluding hydrogens is 563 g/mol. The molecule has 3 N–H and O–H groups in total. The van der Waals surface area contributed by atoms with Crippen LogP contribution in [-0.2, 0) is 17.8 Å². The second-order valence-electron chi connectivity index (χ2n) is 11.6. The zero-order valence-corrected chi connectivity index (χ0v) is 25.5. The van der Waals surface area contributed by atoms with Crippen molar-refractivity contribution in [1.82, 2.24) is 14.7 Å². The van der Waals surface area contributed by atoms with Crippen LogP contribution in [0.2, 0.25) is 0 Å². The molecule has 232 valence electrons. The largest absolute Gasteiger partial charge is 0.462 e. The number of ether oxygens (including phenoxy) is 1. The Morgan fingerprint density at radius 3 is 2.17 bits per heavy atom. The predicted octanol–water partition coefficient (Wildman–Crippen LogP) is 4.08. The molecule has 0 spiro atoms. The van der Waals surface area contributed by atoms with Gasteiger partial charge in [-0.15, -0.1) is 0 Å². The molecule has 42 heavy (non-hydrogen) atoms. The van der Waals surface area contributed by atoms with Gasteiger partial charge in [-0.3, -0.25) is 23.8 Å². The van der Waals surface area contributed by atoms with Crippen molar-refractivity contribution in [2.24, 2.45) is 0 Å². The highest BCUT2D eigenvalue weighted by Gasteiger charge is 2.30. The van der Waals surface area contributed by atoms with E-state index in [-0.39, 0.29) is 54.9 Å². The number of aliphatic hydroxyl groups is 1. The summed E-state index contributed by atoms with van der Waals surface area (Å²) < 4.78 is 40.1. The summed E-state index contributed by atoms with van der Waals surface area (Å²) in [6.07, 6.45) is 0. The number of carbonyl (C=O) groups excluding carboxylic acids is 2. The number of nitrogens with zero attached hydrogens (tertiary/aromatic N) is 4. The number of benzene rings is 2. The fourth-order valence-corrected chi connectivity index (χ4v) is 6.47. The Balaban J connectivity index is 1.48. The molecule has 2 aliphatic heterocycles. The third kappa shape index (κ3) is 8.88. The molecule has 2 saturated heterocycles. The van der Waals surface area contributed by atoms with Gasteiger partial charge in [-0.2, -0.15) is 10.6 Å². The number of amides is 2. The molecule has 2 aliphatic rings. The highest BCUT2D eigenvalue weighted by molar-refractivity contribution is 8.24. The molecule has 4 rings (SSSR count). The Labute approximate surface area is 249 Å². The number of anilines is 1. The first-order valence-electron chi connectivity index (χ1n) is 14.4. The number of piperazine rings is 1. The van der Waals surface area contributed by atoms with E-state index in [0.29, 0.717) is 12.2 Å². The van der Waals surface area contributed by atoms with Crippen LogP contribution >= 0.6 is 10.6 Å². The first-order chi connectivity index (χ1) is 19.8.